The average Bonchev–Trinajstić information content (AvgIpc) is 2.32. The van der Waals surface area contributed by atoms with Crippen LogP contribution in [-0.2, 0) is 4.79 Å². The van der Waals surface area contributed by atoms with Crippen LogP contribution in [0.4, 0.5) is 4.79 Å². The molecule has 0 heterocycles. The van der Waals surface area contributed by atoms with Crippen LogP contribution in [0.1, 0.15) is 45.4 Å². The number of nitrogens with one attached hydrogen (secondary N) is 3. The highest BCUT2D eigenvalue weighted by Crippen LogP contribution is 2.18. The Morgan fingerprint density at radius 2 is 1.59 bits per heavy atom. The lowest BCUT2D eigenvalue weighted by Crippen LogP contribution is -2.46. The molecule has 0 spiro atoms. The van der Waals surface area contributed by atoms with E-state index < -0.39 is 0 Å². The second kappa shape index (κ2) is 7.14. The lowest BCUT2D eigenvalue weighted by atomic mass is 9.91. The number of rotatable bonds is 4. The Morgan fingerprint density at radius 3 is 2.06 bits per heavy atom. The summed E-state index contributed by atoms with van der Waals surface area (Å²) in [6, 6.07) is 0.412. The summed E-state index contributed by atoms with van der Waals surface area (Å²) in [5, 5.41) is 8.50. The van der Waals surface area contributed by atoms with E-state index in [1.165, 1.54) is 0 Å². The van der Waals surface area contributed by atoms with E-state index >= 15 is 0 Å². The molecule has 0 atom stereocenters. The van der Waals surface area contributed by atoms with Crippen molar-refractivity contribution in [2.24, 2.45) is 0 Å². The second-order valence-corrected chi connectivity index (χ2v) is 4.59. The summed E-state index contributed by atoms with van der Waals surface area (Å²) in [6.45, 7) is 2.00. The molecule has 17 heavy (non-hydrogen) atoms. The van der Waals surface area contributed by atoms with Crippen LogP contribution in [0.3, 0.4) is 0 Å². The minimum absolute atomic E-state index is 0.122. The molecule has 1 aliphatic carbocycles. The maximum atomic E-state index is 11.4. The van der Waals surface area contributed by atoms with Gasteiger partial charge in [-0.2, -0.15) is 0 Å². The minimum atomic E-state index is -0.122. The van der Waals surface area contributed by atoms with E-state index in [9.17, 15) is 9.59 Å². The third kappa shape index (κ3) is 5.06. The summed E-state index contributed by atoms with van der Waals surface area (Å²) in [5.74, 6) is 0.148. The molecule has 0 aromatic carbocycles. The summed E-state index contributed by atoms with van der Waals surface area (Å²) in [4.78, 5) is 22.6. The first-order chi connectivity index (χ1) is 8.15. The lowest BCUT2D eigenvalue weighted by molar-refractivity contribution is -0.122. The normalized spacial score (nSPS) is 23.9. The van der Waals surface area contributed by atoms with E-state index in [4.69, 9.17) is 0 Å². The van der Waals surface area contributed by atoms with Crippen molar-refractivity contribution in [2.75, 3.05) is 7.05 Å². The molecule has 0 unspecified atom stereocenters. The fraction of sp³-hybridized carbons (Fsp3) is 0.833. The zero-order valence-electron chi connectivity index (χ0n) is 10.7. The van der Waals surface area contributed by atoms with Gasteiger partial charge in [0.1, 0.15) is 0 Å². The quantitative estimate of drug-likeness (QED) is 0.691. The zero-order valence-corrected chi connectivity index (χ0v) is 10.7. The van der Waals surface area contributed by atoms with E-state index in [0.29, 0.717) is 6.42 Å². The van der Waals surface area contributed by atoms with Crippen LogP contribution < -0.4 is 16.0 Å². The van der Waals surface area contributed by atoms with Crippen LogP contribution in [0, 0.1) is 0 Å². The third-order valence-electron chi connectivity index (χ3n) is 3.13. The smallest absolute Gasteiger partial charge is 0.314 e. The standard InChI is InChI=1S/C12H23N3O2/c1-3-4-11(16)14-9-5-7-10(8-6-9)15-12(17)13-2/h9-10H,3-8H2,1-2H3,(H,14,16)(H2,13,15,17)/t9-,10-. The van der Waals surface area contributed by atoms with Crippen molar-refractivity contribution in [1.82, 2.24) is 16.0 Å². The molecule has 0 aromatic rings. The predicted molar refractivity (Wildman–Crippen MR) is 66.7 cm³/mol. The molecule has 3 amide bonds. The lowest BCUT2D eigenvalue weighted by Gasteiger charge is -2.29. The van der Waals surface area contributed by atoms with Gasteiger partial charge in [-0.05, 0) is 32.1 Å². The maximum absolute atomic E-state index is 11.4. The summed E-state index contributed by atoms with van der Waals surface area (Å²) < 4.78 is 0. The molecule has 0 aliphatic heterocycles. The maximum Gasteiger partial charge on any atom is 0.314 e. The molecule has 3 N–H and O–H groups in total. The van der Waals surface area contributed by atoms with Crippen LogP contribution >= 0.6 is 0 Å². The highest BCUT2D eigenvalue weighted by Gasteiger charge is 2.22. The number of urea groups is 1. The minimum Gasteiger partial charge on any atom is -0.353 e. The molecule has 0 radical (unpaired) electrons. The van der Waals surface area contributed by atoms with Gasteiger partial charge in [0.05, 0.1) is 0 Å². The second-order valence-electron chi connectivity index (χ2n) is 4.59. The van der Waals surface area contributed by atoms with Crippen LogP contribution in [0.25, 0.3) is 0 Å². The van der Waals surface area contributed by atoms with Crippen LogP contribution in [-0.4, -0.2) is 31.1 Å². The summed E-state index contributed by atoms with van der Waals surface area (Å²) >= 11 is 0. The van der Waals surface area contributed by atoms with Gasteiger partial charge >= 0.3 is 6.03 Å². The highest BCUT2D eigenvalue weighted by atomic mass is 16.2. The Hall–Kier alpha value is -1.26. The summed E-state index contributed by atoms with van der Waals surface area (Å²) in [5.41, 5.74) is 0. The van der Waals surface area contributed by atoms with Crippen molar-refractivity contribution in [2.45, 2.75) is 57.5 Å². The molecule has 0 bridgehead atoms. The van der Waals surface area contributed by atoms with Crippen molar-refractivity contribution < 1.29 is 9.59 Å². The van der Waals surface area contributed by atoms with Crippen molar-refractivity contribution in [3.8, 4) is 0 Å². The van der Waals surface area contributed by atoms with Gasteiger partial charge in [-0.3, -0.25) is 4.79 Å². The molecule has 1 saturated carbocycles. The average molecular weight is 241 g/mol. The first-order valence-corrected chi connectivity index (χ1v) is 6.43. The number of hydrogen-bond acceptors (Lipinski definition) is 2. The van der Waals surface area contributed by atoms with Gasteiger partial charge < -0.3 is 16.0 Å². The Bertz CT molecular complexity index is 260. The number of carbonyl (C=O) groups is 2. The molecule has 5 nitrogen and oxygen atoms in total. The fourth-order valence-corrected chi connectivity index (χ4v) is 2.17. The van der Waals surface area contributed by atoms with Crippen molar-refractivity contribution >= 4 is 11.9 Å². The van der Waals surface area contributed by atoms with E-state index in [1.54, 1.807) is 7.05 Å². The van der Waals surface area contributed by atoms with Gasteiger partial charge in [-0.15, -0.1) is 0 Å². The van der Waals surface area contributed by atoms with Gasteiger partial charge in [0.25, 0.3) is 0 Å². The predicted octanol–water partition coefficient (Wildman–Crippen LogP) is 1.14. The van der Waals surface area contributed by atoms with E-state index in [1.807, 2.05) is 6.92 Å². The van der Waals surface area contributed by atoms with Crippen LogP contribution in [0.2, 0.25) is 0 Å². The summed E-state index contributed by atoms with van der Waals surface area (Å²) in [7, 11) is 1.62. The fourth-order valence-electron chi connectivity index (χ4n) is 2.17. The Balaban J connectivity index is 2.21. The Labute approximate surface area is 103 Å². The molecule has 0 saturated heterocycles. The molecule has 1 rings (SSSR count). The Morgan fingerprint density at radius 1 is 1.06 bits per heavy atom. The summed E-state index contributed by atoms with van der Waals surface area (Å²) in [6.07, 6.45) is 5.26. The van der Waals surface area contributed by atoms with Gasteiger partial charge in [0.15, 0.2) is 0 Å². The largest absolute Gasteiger partial charge is 0.353 e. The highest BCUT2D eigenvalue weighted by molar-refractivity contribution is 5.76. The van der Waals surface area contributed by atoms with Gasteiger partial charge in [-0.25, -0.2) is 4.79 Å². The molecule has 98 valence electrons. The Kier molecular flexibility index (Phi) is 5.80. The topological polar surface area (TPSA) is 70.2 Å². The van der Waals surface area contributed by atoms with Crippen molar-refractivity contribution in [3.05, 3.63) is 0 Å². The van der Waals surface area contributed by atoms with Gasteiger partial charge in [0.2, 0.25) is 5.91 Å². The number of carbonyl (C=O) groups excluding carboxylic acids is 2. The molecule has 1 fully saturated rings. The molecule has 0 aromatic heterocycles. The van der Waals surface area contributed by atoms with Crippen LogP contribution in [0.5, 0.6) is 0 Å². The molecular weight excluding hydrogens is 218 g/mol. The van der Waals surface area contributed by atoms with E-state index in [-0.39, 0.29) is 24.0 Å². The van der Waals surface area contributed by atoms with E-state index in [2.05, 4.69) is 16.0 Å². The molecule has 5 heteroatoms. The van der Waals surface area contributed by atoms with Gasteiger partial charge in [-0.1, -0.05) is 6.92 Å². The first-order valence-electron chi connectivity index (χ1n) is 6.43. The molecular formula is C12H23N3O2. The number of amides is 3. The van der Waals surface area contributed by atoms with Crippen LogP contribution in [0.15, 0.2) is 0 Å². The first kappa shape index (κ1) is 13.8. The number of hydrogen-bond donors (Lipinski definition) is 3. The molecule has 1 aliphatic rings. The SMILES string of the molecule is CCCC(=O)N[C@H]1CC[C@H](NC(=O)NC)CC1. The third-order valence-corrected chi connectivity index (χ3v) is 3.13. The van der Waals surface area contributed by atoms with Crippen molar-refractivity contribution in [3.63, 3.8) is 0 Å². The van der Waals surface area contributed by atoms with Crippen molar-refractivity contribution in [1.29, 1.82) is 0 Å². The van der Waals surface area contributed by atoms with Gasteiger partial charge in [0, 0.05) is 25.6 Å². The van der Waals surface area contributed by atoms with E-state index in [0.717, 1.165) is 32.1 Å². The monoisotopic (exact) mass is 241 g/mol. The zero-order chi connectivity index (χ0) is 12.7.